The van der Waals surface area contributed by atoms with Gasteiger partial charge in [0.15, 0.2) is 0 Å². The summed E-state index contributed by atoms with van der Waals surface area (Å²) in [6.07, 6.45) is -0.414. The number of halogens is 3. The molecule has 1 aliphatic heterocycles. The van der Waals surface area contributed by atoms with E-state index in [-0.39, 0.29) is 6.54 Å². The summed E-state index contributed by atoms with van der Waals surface area (Å²) in [5.41, 5.74) is 5.45. The lowest BCUT2D eigenvalue weighted by atomic mass is 10.2. The summed E-state index contributed by atoms with van der Waals surface area (Å²) in [5.74, 6) is 0. The van der Waals surface area contributed by atoms with Crippen molar-refractivity contribution in [1.29, 1.82) is 0 Å². The van der Waals surface area contributed by atoms with Gasteiger partial charge in [0.2, 0.25) is 0 Å². The molecular formula is C13H26F3N3. The van der Waals surface area contributed by atoms with Gasteiger partial charge in [-0.1, -0.05) is 6.42 Å². The monoisotopic (exact) mass is 281 g/mol. The molecule has 0 amide bonds. The lowest BCUT2D eigenvalue weighted by molar-refractivity contribution is -0.137. The van der Waals surface area contributed by atoms with Crippen LogP contribution in [-0.2, 0) is 0 Å². The molecule has 0 radical (unpaired) electrons. The van der Waals surface area contributed by atoms with Crippen molar-refractivity contribution in [3.8, 4) is 0 Å². The Morgan fingerprint density at radius 2 is 1.47 bits per heavy atom. The fourth-order valence-corrected chi connectivity index (χ4v) is 2.41. The van der Waals surface area contributed by atoms with Crippen LogP contribution in [0.3, 0.4) is 0 Å². The van der Waals surface area contributed by atoms with Gasteiger partial charge in [0.1, 0.15) is 0 Å². The van der Waals surface area contributed by atoms with Crippen LogP contribution in [0, 0.1) is 0 Å². The van der Waals surface area contributed by atoms with Gasteiger partial charge in [0.05, 0.1) is 6.42 Å². The van der Waals surface area contributed by atoms with Crippen LogP contribution in [0.15, 0.2) is 0 Å². The van der Waals surface area contributed by atoms with E-state index in [0.717, 1.165) is 65.0 Å². The van der Waals surface area contributed by atoms with Crippen LogP contribution >= 0.6 is 0 Å². The van der Waals surface area contributed by atoms with E-state index in [0.29, 0.717) is 0 Å². The van der Waals surface area contributed by atoms with Crippen molar-refractivity contribution in [2.75, 3.05) is 45.8 Å². The first-order valence-corrected chi connectivity index (χ1v) is 7.23. The van der Waals surface area contributed by atoms with Crippen molar-refractivity contribution in [2.24, 2.45) is 5.73 Å². The van der Waals surface area contributed by atoms with Gasteiger partial charge in [-0.05, 0) is 45.4 Å². The van der Waals surface area contributed by atoms with Gasteiger partial charge in [-0.25, -0.2) is 0 Å². The highest BCUT2D eigenvalue weighted by atomic mass is 19.4. The fourth-order valence-electron chi connectivity index (χ4n) is 2.41. The van der Waals surface area contributed by atoms with Gasteiger partial charge in [0.25, 0.3) is 0 Å². The molecule has 0 bridgehead atoms. The van der Waals surface area contributed by atoms with Crippen molar-refractivity contribution < 1.29 is 13.2 Å². The molecule has 6 heteroatoms. The average molecular weight is 281 g/mol. The van der Waals surface area contributed by atoms with Gasteiger partial charge in [0, 0.05) is 19.6 Å². The van der Waals surface area contributed by atoms with Gasteiger partial charge in [-0.15, -0.1) is 0 Å². The molecule has 1 rings (SSSR count). The van der Waals surface area contributed by atoms with Crippen LogP contribution in [0.1, 0.15) is 32.1 Å². The highest BCUT2D eigenvalue weighted by Gasteiger charge is 2.28. The second-order valence-electron chi connectivity index (χ2n) is 5.25. The summed E-state index contributed by atoms with van der Waals surface area (Å²) < 4.78 is 36.5. The largest absolute Gasteiger partial charge is 0.390 e. The molecule has 19 heavy (non-hydrogen) atoms. The van der Waals surface area contributed by atoms with E-state index in [1.165, 1.54) is 0 Å². The average Bonchev–Trinajstić information content (AvgIpc) is 2.57. The second-order valence-corrected chi connectivity index (χ2v) is 5.25. The molecule has 0 atom stereocenters. The van der Waals surface area contributed by atoms with Crippen molar-refractivity contribution in [3.05, 3.63) is 0 Å². The number of nitrogens with zero attached hydrogens (tertiary/aromatic N) is 2. The van der Waals surface area contributed by atoms with E-state index in [1.54, 1.807) is 0 Å². The number of hydrogen-bond acceptors (Lipinski definition) is 3. The standard InChI is InChI=1S/C13H26F3N3/c14-13(15,16)5-10-19-9-4-8-18(11-12-19)7-3-1-2-6-17/h1-12,17H2. The molecule has 0 unspecified atom stereocenters. The summed E-state index contributed by atoms with van der Waals surface area (Å²) in [5, 5.41) is 0. The predicted molar refractivity (Wildman–Crippen MR) is 71.1 cm³/mol. The molecule has 1 saturated heterocycles. The predicted octanol–water partition coefficient (Wildman–Crippen LogP) is 2.08. The highest BCUT2D eigenvalue weighted by molar-refractivity contribution is 4.70. The Morgan fingerprint density at radius 1 is 0.842 bits per heavy atom. The normalized spacial score (nSPS) is 19.6. The number of alkyl halides is 3. The second kappa shape index (κ2) is 8.76. The smallest absolute Gasteiger partial charge is 0.330 e. The zero-order valence-corrected chi connectivity index (χ0v) is 11.6. The van der Waals surface area contributed by atoms with E-state index >= 15 is 0 Å². The zero-order chi connectivity index (χ0) is 14.1. The Balaban J connectivity index is 2.16. The third-order valence-corrected chi connectivity index (χ3v) is 3.57. The first kappa shape index (κ1) is 16.7. The molecular weight excluding hydrogens is 255 g/mol. The zero-order valence-electron chi connectivity index (χ0n) is 11.6. The van der Waals surface area contributed by atoms with E-state index in [9.17, 15) is 13.2 Å². The third-order valence-electron chi connectivity index (χ3n) is 3.57. The summed E-state index contributed by atoms with van der Waals surface area (Å²) >= 11 is 0. The third kappa shape index (κ3) is 8.44. The molecule has 1 aliphatic rings. The summed E-state index contributed by atoms with van der Waals surface area (Å²) in [6, 6.07) is 0. The molecule has 2 N–H and O–H groups in total. The van der Waals surface area contributed by atoms with Gasteiger partial charge in [-0.3, -0.25) is 0 Å². The molecule has 3 nitrogen and oxygen atoms in total. The molecule has 0 aromatic rings. The minimum Gasteiger partial charge on any atom is -0.330 e. The lowest BCUT2D eigenvalue weighted by Crippen LogP contribution is -2.33. The number of hydrogen-bond donors (Lipinski definition) is 1. The number of rotatable bonds is 7. The van der Waals surface area contributed by atoms with Crippen molar-refractivity contribution in [2.45, 2.75) is 38.3 Å². The Labute approximate surface area is 113 Å². The highest BCUT2D eigenvalue weighted by Crippen LogP contribution is 2.20. The molecule has 114 valence electrons. The van der Waals surface area contributed by atoms with E-state index in [1.807, 2.05) is 4.90 Å². The maximum atomic E-state index is 12.2. The summed E-state index contributed by atoms with van der Waals surface area (Å²) in [6.45, 7) is 5.37. The topological polar surface area (TPSA) is 32.5 Å². The molecule has 0 aliphatic carbocycles. The maximum absolute atomic E-state index is 12.2. The molecule has 1 fully saturated rings. The lowest BCUT2D eigenvalue weighted by Gasteiger charge is -2.22. The first-order chi connectivity index (χ1) is 9.01. The van der Waals surface area contributed by atoms with Crippen LogP contribution in [0.5, 0.6) is 0 Å². The van der Waals surface area contributed by atoms with Crippen LogP contribution in [0.4, 0.5) is 13.2 Å². The molecule has 0 saturated carbocycles. The van der Waals surface area contributed by atoms with Crippen LogP contribution < -0.4 is 5.73 Å². The van der Waals surface area contributed by atoms with Gasteiger partial charge in [-0.2, -0.15) is 13.2 Å². The minimum atomic E-state index is -4.03. The minimum absolute atomic E-state index is 0.143. The van der Waals surface area contributed by atoms with Crippen LogP contribution in [-0.4, -0.2) is 61.8 Å². The fraction of sp³-hybridized carbons (Fsp3) is 1.00. The number of nitrogens with two attached hydrogens (primary N) is 1. The van der Waals surface area contributed by atoms with Crippen molar-refractivity contribution >= 4 is 0 Å². The van der Waals surface area contributed by atoms with Gasteiger partial charge >= 0.3 is 6.18 Å². The SMILES string of the molecule is NCCCCCN1CCCN(CCC(F)(F)F)CC1. The molecule has 0 aromatic carbocycles. The van der Waals surface area contributed by atoms with Crippen molar-refractivity contribution in [3.63, 3.8) is 0 Å². The molecule has 0 spiro atoms. The Morgan fingerprint density at radius 3 is 2.05 bits per heavy atom. The number of unbranched alkanes of at least 4 members (excludes halogenated alkanes) is 2. The van der Waals surface area contributed by atoms with E-state index in [2.05, 4.69) is 4.90 Å². The van der Waals surface area contributed by atoms with Gasteiger partial charge < -0.3 is 15.5 Å². The van der Waals surface area contributed by atoms with Crippen molar-refractivity contribution in [1.82, 2.24) is 9.80 Å². The Bertz CT molecular complexity index is 234. The first-order valence-electron chi connectivity index (χ1n) is 7.23. The summed E-state index contributed by atoms with van der Waals surface area (Å²) in [4.78, 5) is 4.30. The molecule has 0 aromatic heterocycles. The summed E-state index contributed by atoms with van der Waals surface area (Å²) in [7, 11) is 0. The van der Waals surface area contributed by atoms with E-state index < -0.39 is 12.6 Å². The Hall–Kier alpha value is -0.330. The van der Waals surface area contributed by atoms with Crippen LogP contribution in [0.25, 0.3) is 0 Å². The Kier molecular flexibility index (Phi) is 7.71. The maximum Gasteiger partial charge on any atom is 0.390 e. The van der Waals surface area contributed by atoms with E-state index in [4.69, 9.17) is 5.73 Å². The van der Waals surface area contributed by atoms with Crippen LogP contribution in [0.2, 0.25) is 0 Å². The molecule has 1 heterocycles. The quantitative estimate of drug-likeness (QED) is 0.725.